The van der Waals surface area contributed by atoms with Crippen LogP contribution in [0.3, 0.4) is 0 Å². The van der Waals surface area contributed by atoms with Crippen molar-refractivity contribution in [3.05, 3.63) is 55.4 Å². The number of nitro benzene ring substituents is 1. The van der Waals surface area contributed by atoms with Crippen molar-refractivity contribution in [1.29, 1.82) is 5.26 Å². The number of amides is 2. The molecule has 2 aromatic rings. The summed E-state index contributed by atoms with van der Waals surface area (Å²) in [5, 5.41) is 23.8. The molecule has 1 aliphatic rings. The molecular formula is C19H18N4O5S. The Labute approximate surface area is 170 Å². The number of hydrogen-bond donors (Lipinski definition) is 1. The van der Waals surface area contributed by atoms with Gasteiger partial charge in [-0.05, 0) is 31.9 Å². The standard InChI is InChI=1S/C19H18N4O5S/c1-3-28-19(25)22-8-7-13-14(9-20)18(29-16(13)10-22)21-17(24)12-5-4-6-15(11(12)2)23(26)27/h4-6H,3,7-8,10H2,1-2H3,(H,21,24). The number of rotatable bonds is 4. The second kappa shape index (κ2) is 8.28. The van der Waals surface area contributed by atoms with Gasteiger partial charge in [-0.25, -0.2) is 4.79 Å². The molecule has 0 fully saturated rings. The van der Waals surface area contributed by atoms with E-state index in [1.54, 1.807) is 11.8 Å². The van der Waals surface area contributed by atoms with Crippen LogP contribution in [0.25, 0.3) is 0 Å². The topological polar surface area (TPSA) is 126 Å². The molecule has 0 radical (unpaired) electrons. The van der Waals surface area contributed by atoms with Crippen LogP contribution in [-0.2, 0) is 17.7 Å². The maximum Gasteiger partial charge on any atom is 0.410 e. The molecule has 1 aromatic heterocycles. The zero-order chi connectivity index (χ0) is 21.1. The molecule has 1 aromatic carbocycles. The van der Waals surface area contributed by atoms with Gasteiger partial charge in [-0.1, -0.05) is 6.07 Å². The summed E-state index contributed by atoms with van der Waals surface area (Å²) in [6, 6.07) is 6.41. The van der Waals surface area contributed by atoms with Gasteiger partial charge < -0.3 is 15.0 Å². The van der Waals surface area contributed by atoms with Crippen molar-refractivity contribution >= 4 is 34.0 Å². The normalized spacial score (nSPS) is 12.7. The van der Waals surface area contributed by atoms with Crippen LogP contribution in [0.2, 0.25) is 0 Å². The van der Waals surface area contributed by atoms with E-state index < -0.39 is 16.9 Å². The van der Waals surface area contributed by atoms with Gasteiger partial charge in [0.1, 0.15) is 11.1 Å². The fourth-order valence-electron chi connectivity index (χ4n) is 3.22. The predicted octanol–water partition coefficient (Wildman–Crippen LogP) is 3.60. The van der Waals surface area contributed by atoms with Gasteiger partial charge in [0.15, 0.2) is 0 Å². The highest BCUT2D eigenvalue weighted by Crippen LogP contribution is 2.37. The van der Waals surface area contributed by atoms with E-state index in [2.05, 4.69) is 11.4 Å². The van der Waals surface area contributed by atoms with E-state index >= 15 is 0 Å². The Morgan fingerprint density at radius 2 is 2.21 bits per heavy atom. The number of carbonyl (C=O) groups is 2. The minimum atomic E-state index is -0.541. The summed E-state index contributed by atoms with van der Waals surface area (Å²) in [6.45, 7) is 4.25. The fraction of sp³-hybridized carbons (Fsp3) is 0.316. The molecule has 1 N–H and O–H groups in total. The highest BCUT2D eigenvalue weighted by Gasteiger charge is 2.28. The molecule has 0 bridgehead atoms. The van der Waals surface area contributed by atoms with Crippen molar-refractivity contribution in [2.75, 3.05) is 18.5 Å². The first-order chi connectivity index (χ1) is 13.9. The van der Waals surface area contributed by atoms with Crippen molar-refractivity contribution in [3.8, 4) is 6.07 Å². The number of nitrogens with zero attached hydrogens (tertiary/aromatic N) is 3. The van der Waals surface area contributed by atoms with Crippen molar-refractivity contribution in [2.24, 2.45) is 0 Å². The van der Waals surface area contributed by atoms with Gasteiger partial charge in [-0.15, -0.1) is 11.3 Å². The lowest BCUT2D eigenvalue weighted by atomic mass is 10.0. The quantitative estimate of drug-likeness (QED) is 0.602. The number of fused-ring (bicyclic) bond motifs is 1. The van der Waals surface area contributed by atoms with E-state index in [1.807, 2.05) is 0 Å². The van der Waals surface area contributed by atoms with Gasteiger partial charge in [0, 0.05) is 28.6 Å². The Balaban J connectivity index is 1.87. The molecule has 2 amide bonds. The third-order valence-electron chi connectivity index (χ3n) is 4.67. The number of ether oxygens (including phenoxy) is 1. The molecule has 0 unspecified atom stereocenters. The fourth-order valence-corrected chi connectivity index (χ4v) is 4.43. The first-order valence-corrected chi connectivity index (χ1v) is 9.70. The zero-order valence-corrected chi connectivity index (χ0v) is 16.7. The summed E-state index contributed by atoms with van der Waals surface area (Å²) in [5.74, 6) is -0.524. The van der Waals surface area contributed by atoms with Crippen LogP contribution in [0.15, 0.2) is 18.2 Å². The lowest BCUT2D eigenvalue weighted by Gasteiger charge is -2.25. The number of anilines is 1. The van der Waals surface area contributed by atoms with E-state index in [9.17, 15) is 25.0 Å². The molecule has 3 rings (SSSR count). The second-order valence-corrected chi connectivity index (χ2v) is 7.46. The molecule has 0 spiro atoms. The maximum absolute atomic E-state index is 12.7. The molecule has 1 aliphatic heterocycles. The number of nitrogens with one attached hydrogen (secondary N) is 1. The first-order valence-electron chi connectivity index (χ1n) is 8.89. The zero-order valence-electron chi connectivity index (χ0n) is 15.9. The number of hydrogen-bond acceptors (Lipinski definition) is 7. The molecule has 0 aliphatic carbocycles. The van der Waals surface area contributed by atoms with Crippen LogP contribution >= 0.6 is 11.3 Å². The lowest BCUT2D eigenvalue weighted by molar-refractivity contribution is -0.385. The van der Waals surface area contributed by atoms with Crippen molar-refractivity contribution in [2.45, 2.75) is 26.8 Å². The molecule has 150 valence electrons. The van der Waals surface area contributed by atoms with Gasteiger partial charge in [-0.2, -0.15) is 5.26 Å². The largest absolute Gasteiger partial charge is 0.450 e. The van der Waals surface area contributed by atoms with Crippen molar-refractivity contribution < 1.29 is 19.2 Å². The third-order valence-corrected chi connectivity index (χ3v) is 5.80. The van der Waals surface area contributed by atoms with Crippen LogP contribution in [-0.4, -0.2) is 35.0 Å². The molecule has 0 atom stereocenters. The van der Waals surface area contributed by atoms with Gasteiger partial charge in [0.2, 0.25) is 0 Å². The minimum Gasteiger partial charge on any atom is -0.450 e. The van der Waals surface area contributed by atoms with Crippen molar-refractivity contribution in [1.82, 2.24) is 4.90 Å². The van der Waals surface area contributed by atoms with Gasteiger partial charge >= 0.3 is 6.09 Å². The van der Waals surface area contributed by atoms with Crippen LogP contribution in [0.4, 0.5) is 15.5 Å². The number of carbonyl (C=O) groups excluding carboxylic acids is 2. The van der Waals surface area contributed by atoms with E-state index in [-0.39, 0.29) is 23.4 Å². The summed E-state index contributed by atoms with van der Waals surface area (Å²) in [6.07, 6.45) is 0.0713. The highest BCUT2D eigenvalue weighted by molar-refractivity contribution is 7.16. The van der Waals surface area contributed by atoms with E-state index in [0.29, 0.717) is 30.1 Å². The number of nitriles is 1. The molecule has 0 saturated heterocycles. The maximum atomic E-state index is 12.7. The van der Waals surface area contributed by atoms with Crippen LogP contribution in [0.5, 0.6) is 0 Å². The Bertz CT molecular complexity index is 1040. The van der Waals surface area contributed by atoms with Crippen LogP contribution in [0, 0.1) is 28.4 Å². The highest BCUT2D eigenvalue weighted by atomic mass is 32.1. The average molecular weight is 414 g/mol. The summed E-state index contributed by atoms with van der Waals surface area (Å²) in [7, 11) is 0. The average Bonchev–Trinajstić information content (AvgIpc) is 3.03. The van der Waals surface area contributed by atoms with Crippen LogP contribution in [0.1, 0.15) is 38.8 Å². The Kier molecular flexibility index (Phi) is 5.79. The molecule has 9 nitrogen and oxygen atoms in total. The van der Waals surface area contributed by atoms with E-state index in [4.69, 9.17) is 4.74 Å². The summed E-state index contributed by atoms with van der Waals surface area (Å²) in [4.78, 5) is 37.6. The van der Waals surface area contributed by atoms with E-state index in [0.717, 1.165) is 10.4 Å². The summed E-state index contributed by atoms with van der Waals surface area (Å²) < 4.78 is 5.03. The molecule has 0 saturated carbocycles. The third kappa shape index (κ3) is 3.90. The number of benzene rings is 1. The lowest BCUT2D eigenvalue weighted by Crippen LogP contribution is -2.35. The van der Waals surface area contributed by atoms with Gasteiger partial charge in [0.05, 0.1) is 23.6 Å². The molecule has 10 heteroatoms. The van der Waals surface area contributed by atoms with Crippen molar-refractivity contribution in [3.63, 3.8) is 0 Å². The summed E-state index contributed by atoms with van der Waals surface area (Å²) >= 11 is 1.23. The van der Waals surface area contributed by atoms with Gasteiger partial charge in [0.25, 0.3) is 11.6 Å². The predicted molar refractivity (Wildman–Crippen MR) is 106 cm³/mol. The SMILES string of the molecule is CCOC(=O)N1CCc2c(sc(NC(=O)c3cccc([N+](=O)[O-])c3C)c2C#N)C1. The molecule has 2 heterocycles. The molecular weight excluding hydrogens is 396 g/mol. The Morgan fingerprint density at radius 1 is 1.45 bits per heavy atom. The second-order valence-electron chi connectivity index (χ2n) is 6.35. The van der Waals surface area contributed by atoms with E-state index in [1.165, 1.54) is 36.5 Å². The Morgan fingerprint density at radius 3 is 2.86 bits per heavy atom. The molecule has 29 heavy (non-hydrogen) atoms. The summed E-state index contributed by atoms with van der Waals surface area (Å²) in [5.41, 5.74) is 1.45. The van der Waals surface area contributed by atoms with Crippen LogP contribution < -0.4 is 5.32 Å². The first kappa shape index (κ1) is 20.3. The minimum absolute atomic E-state index is 0.145. The Hall–Kier alpha value is -3.45. The number of thiophene rings is 1. The smallest absolute Gasteiger partial charge is 0.410 e. The number of nitro groups is 1. The van der Waals surface area contributed by atoms with Gasteiger partial charge in [-0.3, -0.25) is 14.9 Å². The monoisotopic (exact) mass is 414 g/mol.